The summed E-state index contributed by atoms with van der Waals surface area (Å²) in [5.74, 6) is 2.51. The molecule has 0 spiro atoms. The van der Waals surface area contributed by atoms with Crippen LogP contribution in [0.1, 0.15) is 20.9 Å². The molecule has 18 heavy (non-hydrogen) atoms. The summed E-state index contributed by atoms with van der Waals surface area (Å²) in [5.41, 5.74) is 2.93. The van der Waals surface area contributed by atoms with Crippen molar-refractivity contribution in [2.45, 2.75) is 25.3 Å². The molecule has 0 amide bonds. The lowest BCUT2D eigenvalue weighted by molar-refractivity contribution is 0.701. The number of hydrogen-bond donors (Lipinski definition) is 1. The summed E-state index contributed by atoms with van der Waals surface area (Å²) < 4.78 is 0. The third-order valence-corrected chi connectivity index (χ3v) is 5.39. The van der Waals surface area contributed by atoms with Crippen LogP contribution in [-0.4, -0.2) is 5.75 Å². The Morgan fingerprint density at radius 1 is 1.11 bits per heavy atom. The second kappa shape index (κ2) is 5.91. The van der Waals surface area contributed by atoms with E-state index in [4.69, 9.17) is 0 Å². The number of thioether (sulfide) groups is 1. The van der Waals surface area contributed by atoms with Gasteiger partial charge in [-0.25, -0.2) is 0 Å². The van der Waals surface area contributed by atoms with Gasteiger partial charge in [0.05, 0.1) is 0 Å². The standard InChI is InChI=1S/C15H17NS2/c1-2-4-12(5-3-1)9-16-10-14-8-13-11-17-7-6-15(13)18-14/h1-5,8,16H,6-7,9-11H2. The van der Waals surface area contributed by atoms with Crippen LogP contribution in [0.4, 0.5) is 0 Å². The van der Waals surface area contributed by atoms with Crippen LogP contribution < -0.4 is 5.32 Å². The average Bonchev–Trinajstić information content (AvgIpc) is 2.82. The van der Waals surface area contributed by atoms with Crippen LogP contribution in [0, 0.1) is 0 Å². The van der Waals surface area contributed by atoms with E-state index in [-0.39, 0.29) is 0 Å². The average molecular weight is 275 g/mol. The van der Waals surface area contributed by atoms with E-state index >= 15 is 0 Å². The molecule has 1 aliphatic heterocycles. The topological polar surface area (TPSA) is 12.0 Å². The van der Waals surface area contributed by atoms with Crippen LogP contribution in [0.25, 0.3) is 0 Å². The zero-order valence-corrected chi connectivity index (χ0v) is 11.9. The Bertz CT molecular complexity index is 481. The highest BCUT2D eigenvalue weighted by Crippen LogP contribution is 2.31. The van der Waals surface area contributed by atoms with Gasteiger partial charge in [0.15, 0.2) is 0 Å². The van der Waals surface area contributed by atoms with Crippen LogP contribution in [-0.2, 0) is 25.3 Å². The largest absolute Gasteiger partial charge is 0.308 e. The molecule has 1 nitrogen and oxygen atoms in total. The molecule has 3 heteroatoms. The van der Waals surface area contributed by atoms with E-state index in [9.17, 15) is 0 Å². The number of nitrogens with one attached hydrogen (secondary N) is 1. The Balaban J connectivity index is 1.55. The number of thiophene rings is 1. The van der Waals surface area contributed by atoms with Gasteiger partial charge < -0.3 is 5.32 Å². The van der Waals surface area contributed by atoms with E-state index in [0.717, 1.165) is 13.1 Å². The molecule has 0 saturated heterocycles. The van der Waals surface area contributed by atoms with Gasteiger partial charge in [0.25, 0.3) is 0 Å². The van der Waals surface area contributed by atoms with Gasteiger partial charge >= 0.3 is 0 Å². The van der Waals surface area contributed by atoms with Crippen molar-refractivity contribution in [3.05, 3.63) is 57.3 Å². The van der Waals surface area contributed by atoms with Gasteiger partial charge in [0, 0.05) is 28.6 Å². The Kier molecular flexibility index (Phi) is 4.03. The summed E-state index contributed by atoms with van der Waals surface area (Å²) in [6.45, 7) is 1.95. The molecule has 2 aromatic rings. The molecule has 1 aromatic heterocycles. The highest BCUT2D eigenvalue weighted by Gasteiger charge is 2.13. The number of fused-ring (bicyclic) bond motifs is 1. The van der Waals surface area contributed by atoms with Crippen LogP contribution in [0.2, 0.25) is 0 Å². The Labute approximate surface area is 117 Å². The maximum atomic E-state index is 3.53. The maximum absolute atomic E-state index is 3.53. The molecule has 0 saturated carbocycles. The van der Waals surface area contributed by atoms with E-state index in [1.54, 1.807) is 10.4 Å². The van der Waals surface area contributed by atoms with Crippen molar-refractivity contribution in [2.24, 2.45) is 0 Å². The van der Waals surface area contributed by atoms with E-state index in [1.165, 1.54) is 28.4 Å². The first-order chi connectivity index (χ1) is 8.92. The van der Waals surface area contributed by atoms with Crippen molar-refractivity contribution in [1.29, 1.82) is 0 Å². The predicted molar refractivity (Wildman–Crippen MR) is 81.2 cm³/mol. The molecule has 0 radical (unpaired) electrons. The summed E-state index contributed by atoms with van der Waals surface area (Å²) in [5, 5.41) is 3.53. The van der Waals surface area contributed by atoms with Crippen molar-refractivity contribution >= 4 is 23.1 Å². The number of rotatable bonds is 4. The Hall–Kier alpha value is -0.770. The van der Waals surface area contributed by atoms with Gasteiger partial charge in [-0.2, -0.15) is 11.8 Å². The molecule has 3 rings (SSSR count). The summed E-state index contributed by atoms with van der Waals surface area (Å²) in [6.07, 6.45) is 1.27. The lowest BCUT2D eigenvalue weighted by Crippen LogP contribution is -2.11. The fourth-order valence-electron chi connectivity index (χ4n) is 2.22. The second-order valence-electron chi connectivity index (χ2n) is 4.55. The molecule has 1 N–H and O–H groups in total. The molecule has 94 valence electrons. The minimum absolute atomic E-state index is 0.957. The highest BCUT2D eigenvalue weighted by molar-refractivity contribution is 7.98. The first-order valence-electron chi connectivity index (χ1n) is 6.34. The van der Waals surface area contributed by atoms with Crippen LogP contribution >= 0.6 is 23.1 Å². The minimum atomic E-state index is 0.957. The van der Waals surface area contributed by atoms with E-state index in [1.807, 2.05) is 11.3 Å². The van der Waals surface area contributed by atoms with E-state index < -0.39 is 0 Å². The zero-order valence-electron chi connectivity index (χ0n) is 10.3. The summed E-state index contributed by atoms with van der Waals surface area (Å²) in [6, 6.07) is 13.0. The normalized spacial score (nSPS) is 14.4. The van der Waals surface area contributed by atoms with Crippen molar-refractivity contribution in [1.82, 2.24) is 5.32 Å². The molecular formula is C15H17NS2. The highest BCUT2D eigenvalue weighted by atomic mass is 32.2. The second-order valence-corrected chi connectivity index (χ2v) is 6.88. The molecular weight excluding hydrogens is 258 g/mol. The molecule has 0 atom stereocenters. The molecule has 1 aliphatic rings. The van der Waals surface area contributed by atoms with Crippen LogP contribution in [0.15, 0.2) is 36.4 Å². The van der Waals surface area contributed by atoms with Gasteiger partial charge in [-0.3, -0.25) is 0 Å². The van der Waals surface area contributed by atoms with Gasteiger partial charge in [0.2, 0.25) is 0 Å². The van der Waals surface area contributed by atoms with Gasteiger partial charge in [0.1, 0.15) is 0 Å². The van der Waals surface area contributed by atoms with Crippen molar-refractivity contribution in [3.8, 4) is 0 Å². The quantitative estimate of drug-likeness (QED) is 0.910. The van der Waals surface area contributed by atoms with Crippen molar-refractivity contribution < 1.29 is 0 Å². The summed E-state index contributed by atoms with van der Waals surface area (Å²) >= 11 is 4.05. The fourth-order valence-corrected chi connectivity index (χ4v) is 4.57. The lowest BCUT2D eigenvalue weighted by atomic mass is 10.2. The van der Waals surface area contributed by atoms with E-state index in [2.05, 4.69) is 53.5 Å². The van der Waals surface area contributed by atoms with Gasteiger partial charge in [-0.05, 0) is 29.4 Å². The van der Waals surface area contributed by atoms with Gasteiger partial charge in [-0.15, -0.1) is 11.3 Å². The monoisotopic (exact) mass is 275 g/mol. The molecule has 0 fully saturated rings. The Morgan fingerprint density at radius 2 is 2.00 bits per heavy atom. The first kappa shape index (κ1) is 12.3. The maximum Gasteiger partial charge on any atom is 0.0303 e. The SMILES string of the molecule is c1ccc(CNCc2cc3c(s2)CCSC3)cc1. The summed E-state index contributed by atoms with van der Waals surface area (Å²) in [4.78, 5) is 3.10. The smallest absolute Gasteiger partial charge is 0.0303 e. The van der Waals surface area contributed by atoms with Crippen molar-refractivity contribution in [2.75, 3.05) is 5.75 Å². The van der Waals surface area contributed by atoms with Crippen LogP contribution in [0.3, 0.4) is 0 Å². The molecule has 0 aliphatic carbocycles. The third-order valence-electron chi connectivity index (χ3n) is 3.15. The third kappa shape index (κ3) is 2.97. The zero-order chi connectivity index (χ0) is 12.2. The summed E-state index contributed by atoms with van der Waals surface area (Å²) in [7, 11) is 0. The molecule has 0 unspecified atom stereocenters. The van der Waals surface area contributed by atoms with Crippen molar-refractivity contribution in [3.63, 3.8) is 0 Å². The molecule has 2 heterocycles. The predicted octanol–water partition coefficient (Wildman–Crippen LogP) is 3.83. The number of benzene rings is 1. The molecule has 1 aromatic carbocycles. The number of aryl methyl sites for hydroxylation is 1. The molecule has 0 bridgehead atoms. The minimum Gasteiger partial charge on any atom is -0.308 e. The van der Waals surface area contributed by atoms with Gasteiger partial charge in [-0.1, -0.05) is 30.3 Å². The first-order valence-corrected chi connectivity index (χ1v) is 8.32. The lowest BCUT2D eigenvalue weighted by Gasteiger charge is -2.08. The fraction of sp³-hybridized carbons (Fsp3) is 0.333. The van der Waals surface area contributed by atoms with E-state index in [0.29, 0.717) is 0 Å². The van der Waals surface area contributed by atoms with Crippen LogP contribution in [0.5, 0.6) is 0 Å². The Morgan fingerprint density at radius 3 is 2.83 bits per heavy atom. The number of hydrogen-bond acceptors (Lipinski definition) is 3.